The van der Waals surface area contributed by atoms with E-state index >= 15 is 0 Å². The summed E-state index contributed by atoms with van der Waals surface area (Å²) in [4.78, 5) is 30.2. The lowest BCUT2D eigenvalue weighted by atomic mass is 9.94. The Morgan fingerprint density at radius 1 is 0.973 bits per heavy atom. The molecule has 1 saturated heterocycles. The average molecular weight is 499 g/mol. The fourth-order valence-corrected chi connectivity index (χ4v) is 4.57. The molecule has 1 fully saturated rings. The molecule has 0 aromatic heterocycles. The van der Waals surface area contributed by atoms with Crippen LogP contribution in [0, 0.1) is 6.92 Å². The SMILES string of the molecule is CCCCCOc1ccc(/C(O)=C2/C(=O)C(=O)N(c3ccc(N(C)C)cc3)C2c2cccc(C)c2)cc1. The van der Waals surface area contributed by atoms with Gasteiger partial charge >= 0.3 is 0 Å². The van der Waals surface area contributed by atoms with E-state index in [1.807, 2.05) is 74.4 Å². The molecule has 0 bridgehead atoms. The van der Waals surface area contributed by atoms with Crippen molar-refractivity contribution in [2.24, 2.45) is 0 Å². The zero-order valence-electron chi connectivity index (χ0n) is 21.9. The van der Waals surface area contributed by atoms with E-state index in [1.54, 1.807) is 24.3 Å². The maximum atomic E-state index is 13.4. The van der Waals surface area contributed by atoms with Crippen molar-refractivity contribution >= 4 is 28.8 Å². The Balaban J connectivity index is 1.75. The van der Waals surface area contributed by atoms with Gasteiger partial charge in [0.2, 0.25) is 0 Å². The average Bonchev–Trinajstić information content (AvgIpc) is 3.17. The van der Waals surface area contributed by atoms with Gasteiger partial charge in [-0.3, -0.25) is 14.5 Å². The fraction of sp³-hybridized carbons (Fsp3) is 0.290. The monoisotopic (exact) mass is 498 g/mol. The highest BCUT2D eigenvalue weighted by atomic mass is 16.5. The number of carbonyl (C=O) groups is 2. The summed E-state index contributed by atoms with van der Waals surface area (Å²) < 4.78 is 5.78. The number of rotatable bonds is 9. The highest BCUT2D eigenvalue weighted by Crippen LogP contribution is 2.42. The third-order valence-corrected chi connectivity index (χ3v) is 6.59. The molecule has 3 aromatic carbocycles. The number of anilines is 2. The number of ether oxygens (including phenoxy) is 1. The van der Waals surface area contributed by atoms with Crippen molar-refractivity contribution in [3.8, 4) is 5.75 Å². The van der Waals surface area contributed by atoms with Gasteiger partial charge in [-0.25, -0.2) is 0 Å². The first-order valence-corrected chi connectivity index (χ1v) is 12.7. The van der Waals surface area contributed by atoms with Crippen molar-refractivity contribution in [3.05, 3.63) is 95.1 Å². The Kier molecular flexibility index (Phi) is 7.97. The maximum absolute atomic E-state index is 13.4. The molecule has 3 aromatic rings. The van der Waals surface area contributed by atoms with Crippen LogP contribution in [0.15, 0.2) is 78.4 Å². The van der Waals surface area contributed by atoms with Crippen LogP contribution in [0.4, 0.5) is 11.4 Å². The van der Waals surface area contributed by atoms with Gasteiger partial charge in [0.1, 0.15) is 11.5 Å². The van der Waals surface area contributed by atoms with E-state index in [9.17, 15) is 14.7 Å². The van der Waals surface area contributed by atoms with Crippen molar-refractivity contribution in [2.75, 3.05) is 30.5 Å². The number of hydrogen-bond donors (Lipinski definition) is 1. The first-order valence-electron chi connectivity index (χ1n) is 12.7. The molecule has 1 aliphatic rings. The van der Waals surface area contributed by atoms with Gasteiger partial charge < -0.3 is 14.7 Å². The molecule has 1 atom stereocenters. The third kappa shape index (κ3) is 5.53. The van der Waals surface area contributed by atoms with E-state index < -0.39 is 17.7 Å². The summed E-state index contributed by atoms with van der Waals surface area (Å²) in [6.45, 7) is 4.73. The lowest BCUT2D eigenvalue weighted by Crippen LogP contribution is -2.29. The minimum Gasteiger partial charge on any atom is -0.507 e. The number of nitrogens with zero attached hydrogens (tertiary/aromatic N) is 2. The number of aliphatic hydroxyl groups is 1. The van der Waals surface area contributed by atoms with E-state index in [-0.39, 0.29) is 11.3 Å². The lowest BCUT2D eigenvalue weighted by molar-refractivity contribution is -0.132. The summed E-state index contributed by atoms with van der Waals surface area (Å²) >= 11 is 0. The van der Waals surface area contributed by atoms with Gasteiger partial charge in [0.15, 0.2) is 0 Å². The van der Waals surface area contributed by atoms with Gasteiger partial charge in [-0.1, -0.05) is 49.6 Å². The molecule has 4 rings (SSSR count). The number of unbranched alkanes of at least 4 members (excludes halogenated alkanes) is 2. The molecular weight excluding hydrogens is 464 g/mol. The van der Waals surface area contributed by atoms with Crippen LogP contribution >= 0.6 is 0 Å². The van der Waals surface area contributed by atoms with Crippen LogP contribution in [-0.2, 0) is 9.59 Å². The maximum Gasteiger partial charge on any atom is 0.300 e. The van der Waals surface area contributed by atoms with E-state index in [1.165, 1.54) is 4.90 Å². The molecule has 1 aliphatic heterocycles. The summed E-state index contributed by atoms with van der Waals surface area (Å²) in [7, 11) is 3.88. The summed E-state index contributed by atoms with van der Waals surface area (Å²) in [5.74, 6) is -0.874. The second-order valence-corrected chi connectivity index (χ2v) is 9.57. The molecule has 37 heavy (non-hydrogen) atoms. The smallest absolute Gasteiger partial charge is 0.300 e. The number of amides is 1. The largest absolute Gasteiger partial charge is 0.507 e. The summed E-state index contributed by atoms with van der Waals surface area (Å²) in [5.41, 5.74) is 3.85. The molecule has 0 aliphatic carbocycles. The van der Waals surface area contributed by atoms with Gasteiger partial charge in [0.25, 0.3) is 11.7 Å². The number of hydrogen-bond acceptors (Lipinski definition) is 5. The number of carbonyl (C=O) groups excluding carboxylic acids is 2. The van der Waals surface area contributed by atoms with Crippen molar-refractivity contribution < 1.29 is 19.4 Å². The van der Waals surface area contributed by atoms with Gasteiger partial charge in [-0.15, -0.1) is 0 Å². The molecule has 1 amide bonds. The molecule has 1 unspecified atom stereocenters. The van der Waals surface area contributed by atoms with Gasteiger partial charge in [0, 0.05) is 31.0 Å². The Hall–Kier alpha value is -4.06. The minimum absolute atomic E-state index is 0.0731. The van der Waals surface area contributed by atoms with Crippen molar-refractivity contribution in [1.29, 1.82) is 0 Å². The molecule has 0 saturated carbocycles. The molecule has 0 radical (unpaired) electrons. The molecule has 6 heteroatoms. The van der Waals surface area contributed by atoms with Crippen LogP contribution in [0.1, 0.15) is 48.9 Å². The predicted octanol–water partition coefficient (Wildman–Crippen LogP) is 6.26. The molecular formula is C31H34N2O4. The summed E-state index contributed by atoms with van der Waals surface area (Å²) in [6, 6.07) is 21.4. The molecule has 0 spiro atoms. The molecule has 192 valence electrons. The van der Waals surface area contributed by atoms with Crippen molar-refractivity contribution in [3.63, 3.8) is 0 Å². The standard InChI is InChI=1S/C31H34N2O4/c1-5-6-7-19-37-26-17-11-22(12-18-26)29(34)27-28(23-10-8-9-21(2)20-23)33(31(36)30(27)35)25-15-13-24(14-16-25)32(3)4/h8-18,20,28,34H,5-7,19H2,1-4H3/b29-27-. The highest BCUT2D eigenvalue weighted by Gasteiger charge is 2.47. The van der Waals surface area contributed by atoms with Crippen molar-refractivity contribution in [2.45, 2.75) is 39.2 Å². The van der Waals surface area contributed by atoms with Crippen LogP contribution in [0.2, 0.25) is 0 Å². The molecule has 6 nitrogen and oxygen atoms in total. The van der Waals surface area contributed by atoms with Gasteiger partial charge in [-0.2, -0.15) is 0 Å². The van der Waals surface area contributed by atoms with Crippen LogP contribution in [0.3, 0.4) is 0 Å². The highest BCUT2D eigenvalue weighted by molar-refractivity contribution is 6.51. The van der Waals surface area contributed by atoms with Crippen LogP contribution in [0.25, 0.3) is 5.76 Å². The van der Waals surface area contributed by atoms with Crippen LogP contribution < -0.4 is 14.5 Å². The topological polar surface area (TPSA) is 70.1 Å². The third-order valence-electron chi connectivity index (χ3n) is 6.59. The number of ketones is 1. The number of aliphatic hydroxyl groups excluding tert-OH is 1. The normalized spacial score (nSPS) is 16.8. The molecule has 1 heterocycles. The Morgan fingerprint density at radius 2 is 1.68 bits per heavy atom. The van der Waals surface area contributed by atoms with Crippen molar-refractivity contribution in [1.82, 2.24) is 0 Å². The van der Waals surface area contributed by atoms with E-state index in [2.05, 4.69) is 6.92 Å². The summed E-state index contributed by atoms with van der Waals surface area (Å²) in [5, 5.41) is 11.4. The zero-order valence-corrected chi connectivity index (χ0v) is 21.9. The fourth-order valence-electron chi connectivity index (χ4n) is 4.57. The Morgan fingerprint density at radius 3 is 2.30 bits per heavy atom. The quantitative estimate of drug-likeness (QED) is 0.163. The first-order chi connectivity index (χ1) is 17.8. The predicted molar refractivity (Wildman–Crippen MR) is 148 cm³/mol. The van der Waals surface area contributed by atoms with E-state index in [0.717, 1.165) is 36.1 Å². The number of benzene rings is 3. The zero-order chi connectivity index (χ0) is 26.5. The number of aryl methyl sites for hydroxylation is 1. The molecule has 1 N–H and O–H groups in total. The van der Waals surface area contributed by atoms with Gasteiger partial charge in [0.05, 0.1) is 18.2 Å². The second-order valence-electron chi connectivity index (χ2n) is 9.57. The summed E-state index contributed by atoms with van der Waals surface area (Å²) in [6.07, 6.45) is 3.21. The second kappa shape index (κ2) is 11.3. The number of Topliss-reactive ketones (excluding diaryl/α,β-unsaturated/α-hetero) is 1. The minimum atomic E-state index is -0.755. The van der Waals surface area contributed by atoms with E-state index in [0.29, 0.717) is 23.6 Å². The first kappa shape index (κ1) is 26.0. The Bertz CT molecular complexity index is 1290. The van der Waals surface area contributed by atoms with Crippen LogP contribution in [0.5, 0.6) is 5.75 Å². The Labute approximate surface area is 218 Å². The van der Waals surface area contributed by atoms with Crippen LogP contribution in [-0.4, -0.2) is 37.5 Å². The lowest BCUT2D eigenvalue weighted by Gasteiger charge is -2.26. The van der Waals surface area contributed by atoms with Gasteiger partial charge in [-0.05, 0) is 67.4 Å². The van der Waals surface area contributed by atoms with E-state index in [4.69, 9.17) is 4.74 Å².